The third-order valence-electron chi connectivity index (χ3n) is 4.93. The molecule has 1 aromatic carbocycles. The summed E-state index contributed by atoms with van der Waals surface area (Å²) in [5.74, 6) is 0.778. The van der Waals surface area contributed by atoms with E-state index in [1.807, 2.05) is 25.1 Å². The van der Waals surface area contributed by atoms with Gasteiger partial charge in [-0.2, -0.15) is 0 Å². The molecule has 1 fully saturated rings. The zero-order chi connectivity index (χ0) is 17.7. The molecule has 0 radical (unpaired) electrons. The summed E-state index contributed by atoms with van der Waals surface area (Å²) in [7, 11) is 0. The van der Waals surface area contributed by atoms with Crippen molar-refractivity contribution in [3.05, 3.63) is 29.3 Å². The second kappa shape index (κ2) is 8.32. The molecular weight excluding hydrogens is 300 g/mol. The normalized spacial score (nSPS) is 20.7. The van der Waals surface area contributed by atoms with Crippen molar-refractivity contribution in [2.45, 2.75) is 53.4 Å². The minimum Gasteiger partial charge on any atom is -0.356 e. The third kappa shape index (κ3) is 5.08. The number of hydrogen-bond donors (Lipinski definition) is 2. The first-order valence-electron chi connectivity index (χ1n) is 9.02. The van der Waals surface area contributed by atoms with E-state index in [1.165, 1.54) is 11.1 Å². The van der Waals surface area contributed by atoms with E-state index in [0.29, 0.717) is 5.92 Å². The summed E-state index contributed by atoms with van der Waals surface area (Å²) < 4.78 is 0. The molecule has 1 saturated carbocycles. The molecular formula is C20H30N2O2. The Morgan fingerprint density at radius 3 is 2.12 bits per heavy atom. The molecule has 1 aliphatic rings. The first-order valence-corrected chi connectivity index (χ1v) is 9.02. The molecule has 1 aromatic rings. The minimum atomic E-state index is 0.0146. The molecule has 0 aromatic heterocycles. The van der Waals surface area contributed by atoms with E-state index in [-0.39, 0.29) is 23.7 Å². The van der Waals surface area contributed by atoms with Gasteiger partial charge in [0.1, 0.15) is 0 Å². The summed E-state index contributed by atoms with van der Waals surface area (Å²) in [6.45, 7) is 9.02. The fourth-order valence-electron chi connectivity index (χ4n) is 3.13. The van der Waals surface area contributed by atoms with Crippen molar-refractivity contribution in [1.29, 1.82) is 0 Å². The monoisotopic (exact) mass is 330 g/mol. The number of benzene rings is 1. The number of amides is 2. The van der Waals surface area contributed by atoms with Gasteiger partial charge in [0.05, 0.1) is 0 Å². The van der Waals surface area contributed by atoms with Gasteiger partial charge >= 0.3 is 0 Å². The van der Waals surface area contributed by atoms with Gasteiger partial charge in [-0.25, -0.2) is 0 Å². The number of hydrogen-bond acceptors (Lipinski definition) is 2. The minimum absolute atomic E-state index is 0.0146. The van der Waals surface area contributed by atoms with Crippen molar-refractivity contribution in [2.75, 3.05) is 11.9 Å². The molecule has 0 saturated heterocycles. The summed E-state index contributed by atoms with van der Waals surface area (Å²) in [5.41, 5.74) is 3.26. The topological polar surface area (TPSA) is 58.2 Å². The molecule has 4 nitrogen and oxygen atoms in total. The van der Waals surface area contributed by atoms with E-state index in [1.54, 1.807) is 0 Å². The second-order valence-corrected chi connectivity index (χ2v) is 7.48. The average molecular weight is 330 g/mol. The summed E-state index contributed by atoms with van der Waals surface area (Å²) in [5, 5.41) is 6.03. The van der Waals surface area contributed by atoms with Crippen molar-refractivity contribution in [3.8, 4) is 0 Å². The highest BCUT2D eigenvalue weighted by Crippen LogP contribution is 2.30. The van der Waals surface area contributed by atoms with Crippen LogP contribution >= 0.6 is 0 Å². The lowest BCUT2D eigenvalue weighted by Crippen LogP contribution is -2.37. The zero-order valence-corrected chi connectivity index (χ0v) is 15.3. The van der Waals surface area contributed by atoms with Crippen LogP contribution in [0.5, 0.6) is 0 Å². The zero-order valence-electron chi connectivity index (χ0n) is 15.3. The quantitative estimate of drug-likeness (QED) is 0.862. The van der Waals surface area contributed by atoms with Crippen LogP contribution in [-0.2, 0) is 9.59 Å². The van der Waals surface area contributed by atoms with Crippen molar-refractivity contribution in [2.24, 2.45) is 17.8 Å². The van der Waals surface area contributed by atoms with Crippen molar-refractivity contribution in [3.63, 3.8) is 0 Å². The predicted octanol–water partition coefficient (Wildman–Crippen LogP) is 3.82. The fraction of sp³-hybridized carbons (Fsp3) is 0.600. The maximum Gasteiger partial charge on any atom is 0.227 e. The molecule has 2 rings (SSSR count). The molecule has 0 aliphatic heterocycles. The first-order chi connectivity index (χ1) is 11.4. The van der Waals surface area contributed by atoms with Gasteiger partial charge in [-0.1, -0.05) is 19.9 Å². The Morgan fingerprint density at radius 1 is 1.00 bits per heavy atom. The Labute approximate surface area is 145 Å². The first kappa shape index (κ1) is 18.5. The molecule has 0 bridgehead atoms. The Hall–Kier alpha value is -1.84. The Balaban J connectivity index is 1.82. The maximum absolute atomic E-state index is 12.4. The molecule has 2 N–H and O–H groups in total. The van der Waals surface area contributed by atoms with Crippen LogP contribution in [-0.4, -0.2) is 18.4 Å². The van der Waals surface area contributed by atoms with Crippen LogP contribution < -0.4 is 10.6 Å². The van der Waals surface area contributed by atoms with Crippen LogP contribution in [0.15, 0.2) is 18.2 Å². The molecule has 0 heterocycles. The van der Waals surface area contributed by atoms with E-state index in [2.05, 4.69) is 31.4 Å². The van der Waals surface area contributed by atoms with Crippen LogP contribution in [0, 0.1) is 31.6 Å². The highest BCUT2D eigenvalue weighted by molar-refractivity contribution is 5.93. The maximum atomic E-state index is 12.4. The van der Waals surface area contributed by atoms with Crippen LogP contribution in [0.4, 0.5) is 5.69 Å². The Bertz CT molecular complexity index is 587. The van der Waals surface area contributed by atoms with Gasteiger partial charge in [-0.05, 0) is 68.7 Å². The highest BCUT2D eigenvalue weighted by atomic mass is 16.2. The lowest BCUT2D eigenvalue weighted by molar-refractivity contribution is -0.128. The molecule has 0 atom stereocenters. The van der Waals surface area contributed by atoms with E-state index in [9.17, 15) is 9.59 Å². The number of aryl methyl sites for hydroxylation is 2. The Kier molecular flexibility index (Phi) is 6.41. The molecule has 24 heavy (non-hydrogen) atoms. The summed E-state index contributed by atoms with van der Waals surface area (Å²) >= 11 is 0. The second-order valence-electron chi connectivity index (χ2n) is 7.48. The number of carbonyl (C=O) groups is 2. The van der Waals surface area contributed by atoms with Gasteiger partial charge in [-0.3, -0.25) is 9.59 Å². The molecule has 0 unspecified atom stereocenters. The number of carbonyl (C=O) groups excluding carboxylic acids is 2. The summed E-state index contributed by atoms with van der Waals surface area (Å²) in [4.78, 5) is 24.6. The Morgan fingerprint density at radius 2 is 1.58 bits per heavy atom. The summed E-state index contributed by atoms with van der Waals surface area (Å²) in [6, 6.07) is 5.99. The van der Waals surface area contributed by atoms with E-state index < -0.39 is 0 Å². The van der Waals surface area contributed by atoms with Crippen molar-refractivity contribution in [1.82, 2.24) is 5.32 Å². The van der Waals surface area contributed by atoms with Crippen LogP contribution in [0.25, 0.3) is 0 Å². The lowest BCUT2D eigenvalue weighted by Gasteiger charge is -2.27. The van der Waals surface area contributed by atoms with Crippen LogP contribution in [0.3, 0.4) is 0 Å². The smallest absolute Gasteiger partial charge is 0.227 e. The van der Waals surface area contributed by atoms with Gasteiger partial charge in [0.25, 0.3) is 0 Å². The molecule has 1 aliphatic carbocycles. The van der Waals surface area contributed by atoms with Crippen molar-refractivity contribution < 1.29 is 9.59 Å². The number of nitrogens with one attached hydrogen (secondary N) is 2. The fourth-order valence-corrected chi connectivity index (χ4v) is 3.13. The third-order valence-corrected chi connectivity index (χ3v) is 4.93. The van der Waals surface area contributed by atoms with Crippen LogP contribution in [0.1, 0.15) is 50.7 Å². The average Bonchev–Trinajstić information content (AvgIpc) is 2.56. The van der Waals surface area contributed by atoms with Gasteiger partial charge in [-0.15, -0.1) is 0 Å². The van der Waals surface area contributed by atoms with E-state index in [4.69, 9.17) is 0 Å². The van der Waals surface area contributed by atoms with Gasteiger partial charge in [0.2, 0.25) is 11.8 Å². The van der Waals surface area contributed by atoms with Gasteiger partial charge < -0.3 is 10.6 Å². The summed E-state index contributed by atoms with van der Waals surface area (Å²) in [6.07, 6.45) is 3.18. The van der Waals surface area contributed by atoms with Gasteiger partial charge in [0.15, 0.2) is 0 Å². The molecule has 0 spiro atoms. The van der Waals surface area contributed by atoms with Crippen LogP contribution in [0.2, 0.25) is 0 Å². The van der Waals surface area contributed by atoms with E-state index >= 15 is 0 Å². The standard InChI is InChI=1S/C20H30N2O2/c1-13(2)12-21-19(23)16-6-8-17(9-7-16)20(24)22-18-10-5-14(3)15(4)11-18/h5,10-11,13,16-17H,6-9,12H2,1-4H3,(H,21,23)(H,22,24). The lowest BCUT2D eigenvalue weighted by atomic mass is 9.81. The highest BCUT2D eigenvalue weighted by Gasteiger charge is 2.29. The molecule has 4 heteroatoms. The number of rotatable bonds is 5. The van der Waals surface area contributed by atoms with E-state index in [0.717, 1.165) is 37.9 Å². The molecule has 2 amide bonds. The molecule has 132 valence electrons. The SMILES string of the molecule is Cc1ccc(NC(=O)C2CCC(C(=O)NCC(C)C)CC2)cc1C. The number of anilines is 1. The van der Waals surface area contributed by atoms with Crippen molar-refractivity contribution >= 4 is 17.5 Å². The predicted molar refractivity (Wildman–Crippen MR) is 97.8 cm³/mol. The van der Waals surface area contributed by atoms with Gasteiger partial charge in [0, 0.05) is 24.1 Å². The largest absolute Gasteiger partial charge is 0.356 e.